The van der Waals surface area contributed by atoms with Gasteiger partial charge in [-0.2, -0.15) is 0 Å². The number of furan rings is 1. The highest BCUT2D eigenvalue weighted by Crippen LogP contribution is 2.33. The molecular weight excluding hydrogens is 244 g/mol. The van der Waals surface area contributed by atoms with Gasteiger partial charge >= 0.3 is 5.97 Å². The number of hydrogen-bond acceptors (Lipinski definition) is 4. The van der Waals surface area contributed by atoms with Crippen molar-refractivity contribution in [2.45, 2.75) is 32.3 Å². The lowest BCUT2D eigenvalue weighted by atomic mass is 9.75. The molecule has 1 aromatic heterocycles. The summed E-state index contributed by atoms with van der Waals surface area (Å²) in [6.45, 7) is 5.12. The molecule has 0 saturated heterocycles. The van der Waals surface area contributed by atoms with Crippen LogP contribution in [0.5, 0.6) is 0 Å². The summed E-state index contributed by atoms with van der Waals surface area (Å²) in [5, 5.41) is 0. The van der Waals surface area contributed by atoms with E-state index < -0.39 is 12.1 Å². The molecule has 0 spiro atoms. The number of carbonyl (C=O) groups is 2. The van der Waals surface area contributed by atoms with Crippen molar-refractivity contribution < 1.29 is 18.7 Å². The van der Waals surface area contributed by atoms with E-state index in [1.165, 1.54) is 6.92 Å². The number of ether oxygens (including phenoxy) is 1. The number of rotatable bonds is 4. The van der Waals surface area contributed by atoms with E-state index in [1.54, 1.807) is 6.26 Å². The second-order valence-corrected chi connectivity index (χ2v) is 4.95. The molecule has 1 saturated carbocycles. The second kappa shape index (κ2) is 5.87. The van der Waals surface area contributed by atoms with Crippen molar-refractivity contribution in [3.05, 3.63) is 36.8 Å². The maximum Gasteiger partial charge on any atom is 0.303 e. The largest absolute Gasteiger partial charge is 0.469 e. The van der Waals surface area contributed by atoms with Gasteiger partial charge in [-0.05, 0) is 30.4 Å². The number of allylic oxidation sites excluding steroid dienone is 1. The van der Waals surface area contributed by atoms with Gasteiger partial charge in [-0.25, -0.2) is 0 Å². The van der Waals surface area contributed by atoms with Crippen molar-refractivity contribution in [2.75, 3.05) is 0 Å². The average Bonchev–Trinajstić information content (AvgIpc) is 2.85. The summed E-state index contributed by atoms with van der Waals surface area (Å²) in [7, 11) is 0. The van der Waals surface area contributed by atoms with Crippen LogP contribution in [-0.4, -0.2) is 17.9 Å². The number of Topliss-reactive ketones (excluding diaryl/α,β-unsaturated/α-hetero) is 1. The van der Waals surface area contributed by atoms with E-state index in [4.69, 9.17) is 9.15 Å². The fourth-order valence-corrected chi connectivity index (χ4v) is 2.62. The Labute approximate surface area is 112 Å². The zero-order chi connectivity index (χ0) is 13.8. The fourth-order valence-electron chi connectivity index (χ4n) is 2.62. The van der Waals surface area contributed by atoms with Crippen LogP contribution < -0.4 is 0 Å². The summed E-state index contributed by atoms with van der Waals surface area (Å²) in [4.78, 5) is 22.9. The Hall–Kier alpha value is -1.84. The van der Waals surface area contributed by atoms with Crippen LogP contribution in [0.15, 0.2) is 35.5 Å². The van der Waals surface area contributed by atoms with Crippen LogP contribution in [0.4, 0.5) is 0 Å². The summed E-state index contributed by atoms with van der Waals surface area (Å²) in [5.74, 6) is 0.783. The standard InChI is InChI=1S/C15H18O4/c1-3-11-8-14(17)15(19-10(2)16)9-12(11)7-13-5-4-6-18-13/h3-6,11-12,15H,1,7-9H2,2H3/t11-,12-,15-/m0/s1. The quantitative estimate of drug-likeness (QED) is 0.618. The highest BCUT2D eigenvalue weighted by atomic mass is 16.5. The average molecular weight is 262 g/mol. The topological polar surface area (TPSA) is 56.5 Å². The molecule has 0 amide bonds. The zero-order valence-electron chi connectivity index (χ0n) is 11.0. The molecule has 0 N–H and O–H groups in total. The molecule has 0 aliphatic heterocycles. The number of ketones is 1. The van der Waals surface area contributed by atoms with Crippen LogP contribution in [0.1, 0.15) is 25.5 Å². The lowest BCUT2D eigenvalue weighted by Crippen LogP contribution is -2.38. The Kier molecular flexibility index (Phi) is 4.20. The molecule has 1 fully saturated rings. The molecule has 0 radical (unpaired) electrons. The highest BCUT2D eigenvalue weighted by molar-refractivity contribution is 5.86. The van der Waals surface area contributed by atoms with Gasteiger partial charge in [-0.15, -0.1) is 6.58 Å². The Morgan fingerprint density at radius 3 is 3.00 bits per heavy atom. The van der Waals surface area contributed by atoms with E-state index in [2.05, 4.69) is 6.58 Å². The van der Waals surface area contributed by atoms with Crippen LogP contribution >= 0.6 is 0 Å². The fraction of sp³-hybridized carbons (Fsp3) is 0.467. The first-order valence-corrected chi connectivity index (χ1v) is 6.45. The minimum Gasteiger partial charge on any atom is -0.469 e. The highest BCUT2D eigenvalue weighted by Gasteiger charge is 2.36. The van der Waals surface area contributed by atoms with E-state index in [0.29, 0.717) is 12.8 Å². The van der Waals surface area contributed by atoms with Gasteiger partial charge in [0.1, 0.15) is 5.76 Å². The van der Waals surface area contributed by atoms with Gasteiger partial charge < -0.3 is 9.15 Å². The predicted molar refractivity (Wildman–Crippen MR) is 69.4 cm³/mol. The number of hydrogen-bond donors (Lipinski definition) is 0. The van der Waals surface area contributed by atoms with Crippen molar-refractivity contribution in [1.82, 2.24) is 0 Å². The maximum atomic E-state index is 11.9. The van der Waals surface area contributed by atoms with E-state index in [1.807, 2.05) is 18.2 Å². The Morgan fingerprint density at radius 2 is 2.42 bits per heavy atom. The first kappa shape index (κ1) is 13.6. The van der Waals surface area contributed by atoms with Crippen LogP contribution in [0.2, 0.25) is 0 Å². The van der Waals surface area contributed by atoms with Crippen LogP contribution in [0, 0.1) is 11.8 Å². The summed E-state index contributed by atoms with van der Waals surface area (Å²) in [6, 6.07) is 3.76. The molecule has 0 unspecified atom stereocenters. The van der Waals surface area contributed by atoms with Crippen LogP contribution in [-0.2, 0) is 20.7 Å². The molecule has 102 valence electrons. The van der Waals surface area contributed by atoms with Crippen LogP contribution in [0.25, 0.3) is 0 Å². The minimum atomic E-state index is -0.617. The molecule has 1 aromatic rings. The maximum absolute atomic E-state index is 11.9. The normalized spacial score (nSPS) is 27.0. The van der Waals surface area contributed by atoms with Crippen molar-refractivity contribution >= 4 is 11.8 Å². The predicted octanol–water partition coefficient (Wildman–Crippen LogP) is 2.54. The third kappa shape index (κ3) is 3.34. The first-order valence-electron chi connectivity index (χ1n) is 6.45. The van der Waals surface area contributed by atoms with Crippen molar-refractivity contribution in [3.63, 3.8) is 0 Å². The van der Waals surface area contributed by atoms with Gasteiger partial charge in [-0.1, -0.05) is 6.08 Å². The van der Waals surface area contributed by atoms with Gasteiger partial charge in [0.2, 0.25) is 0 Å². The minimum absolute atomic E-state index is 0.0178. The van der Waals surface area contributed by atoms with E-state index >= 15 is 0 Å². The van der Waals surface area contributed by atoms with E-state index in [-0.39, 0.29) is 17.6 Å². The summed E-state index contributed by atoms with van der Waals surface area (Å²) in [5.41, 5.74) is 0. The molecule has 0 bridgehead atoms. The number of carbonyl (C=O) groups excluding carboxylic acids is 2. The summed E-state index contributed by atoms with van der Waals surface area (Å²) in [6.07, 6.45) is 4.48. The molecule has 4 heteroatoms. The molecule has 1 aliphatic rings. The van der Waals surface area contributed by atoms with E-state index in [0.717, 1.165) is 12.2 Å². The van der Waals surface area contributed by atoms with E-state index in [9.17, 15) is 9.59 Å². The Morgan fingerprint density at radius 1 is 1.63 bits per heavy atom. The van der Waals surface area contributed by atoms with Gasteiger partial charge in [0.05, 0.1) is 6.26 Å². The zero-order valence-corrected chi connectivity index (χ0v) is 11.0. The summed E-state index contributed by atoms with van der Waals surface area (Å²) < 4.78 is 10.4. The van der Waals surface area contributed by atoms with Gasteiger partial charge in [-0.3, -0.25) is 9.59 Å². The molecule has 4 nitrogen and oxygen atoms in total. The van der Waals surface area contributed by atoms with Crippen molar-refractivity contribution in [1.29, 1.82) is 0 Å². The van der Waals surface area contributed by atoms with Crippen molar-refractivity contribution in [2.24, 2.45) is 11.8 Å². The molecule has 19 heavy (non-hydrogen) atoms. The Bertz CT molecular complexity index is 460. The van der Waals surface area contributed by atoms with Crippen LogP contribution in [0.3, 0.4) is 0 Å². The first-order chi connectivity index (χ1) is 9.10. The van der Waals surface area contributed by atoms with Gasteiger partial charge in [0.15, 0.2) is 11.9 Å². The molecule has 3 atom stereocenters. The smallest absolute Gasteiger partial charge is 0.303 e. The van der Waals surface area contributed by atoms with Crippen molar-refractivity contribution in [3.8, 4) is 0 Å². The molecular formula is C15H18O4. The lowest BCUT2D eigenvalue weighted by Gasteiger charge is -2.32. The Balaban J connectivity index is 2.07. The molecule has 0 aromatic carbocycles. The summed E-state index contributed by atoms with van der Waals surface area (Å²) >= 11 is 0. The molecule has 1 aliphatic carbocycles. The third-order valence-electron chi connectivity index (χ3n) is 3.57. The third-order valence-corrected chi connectivity index (χ3v) is 3.57. The van der Waals surface area contributed by atoms with Gasteiger partial charge in [0, 0.05) is 19.8 Å². The monoisotopic (exact) mass is 262 g/mol. The van der Waals surface area contributed by atoms with Gasteiger partial charge in [0.25, 0.3) is 0 Å². The molecule has 1 heterocycles. The lowest BCUT2D eigenvalue weighted by molar-refractivity contribution is -0.156. The molecule has 2 rings (SSSR count). The number of esters is 1. The SMILES string of the molecule is C=C[C@H]1CC(=O)[C@@H](OC(C)=O)C[C@@H]1Cc1ccco1. The second-order valence-electron chi connectivity index (χ2n) is 4.95.